The Labute approximate surface area is 141 Å². The van der Waals surface area contributed by atoms with Crippen LogP contribution in [-0.2, 0) is 10.0 Å². The minimum atomic E-state index is -3.34. The predicted octanol–water partition coefficient (Wildman–Crippen LogP) is 3.28. The standard InChI is InChI=1S/C18H19NO4S/c1-12-10-14(11-13(2)18(12)21)4-9-17(20)15-5-7-16(8-6-15)19-24(3,22)23/h4-11,19,21H,1-3H3/b9-4+. The molecule has 0 bridgehead atoms. The maximum atomic E-state index is 12.2. The molecule has 0 aliphatic carbocycles. The van der Waals surface area contributed by atoms with Gasteiger partial charge in [-0.25, -0.2) is 8.42 Å². The van der Waals surface area contributed by atoms with Crippen LogP contribution < -0.4 is 4.72 Å². The lowest BCUT2D eigenvalue weighted by atomic mass is 10.0. The summed E-state index contributed by atoms with van der Waals surface area (Å²) in [7, 11) is -3.34. The van der Waals surface area contributed by atoms with Crippen LogP contribution in [0.25, 0.3) is 6.08 Å². The number of anilines is 1. The zero-order valence-corrected chi connectivity index (χ0v) is 14.5. The zero-order chi connectivity index (χ0) is 17.9. The van der Waals surface area contributed by atoms with Gasteiger partial charge in [0.15, 0.2) is 5.78 Å². The topological polar surface area (TPSA) is 83.5 Å². The van der Waals surface area contributed by atoms with Crippen molar-refractivity contribution in [3.05, 3.63) is 64.7 Å². The van der Waals surface area contributed by atoms with Gasteiger partial charge in [0.05, 0.1) is 6.26 Å². The summed E-state index contributed by atoms with van der Waals surface area (Å²) in [5, 5.41) is 9.75. The van der Waals surface area contributed by atoms with Crippen molar-refractivity contribution in [3.8, 4) is 5.75 Å². The van der Waals surface area contributed by atoms with Crippen molar-refractivity contribution in [2.24, 2.45) is 0 Å². The third-order valence-corrected chi connectivity index (χ3v) is 4.02. The van der Waals surface area contributed by atoms with E-state index in [0.29, 0.717) is 11.3 Å². The fraction of sp³-hybridized carbons (Fsp3) is 0.167. The van der Waals surface area contributed by atoms with Gasteiger partial charge in [-0.3, -0.25) is 9.52 Å². The van der Waals surface area contributed by atoms with Gasteiger partial charge in [0.2, 0.25) is 10.0 Å². The Morgan fingerprint density at radius 3 is 2.12 bits per heavy atom. The molecule has 2 aromatic rings. The van der Waals surface area contributed by atoms with Crippen LogP contribution in [0, 0.1) is 13.8 Å². The largest absolute Gasteiger partial charge is 0.507 e. The van der Waals surface area contributed by atoms with E-state index in [1.165, 1.54) is 18.2 Å². The number of hydrogen-bond acceptors (Lipinski definition) is 4. The number of ketones is 1. The number of rotatable bonds is 5. The van der Waals surface area contributed by atoms with Gasteiger partial charge in [0, 0.05) is 11.3 Å². The number of aromatic hydroxyl groups is 1. The van der Waals surface area contributed by atoms with Crippen molar-refractivity contribution >= 4 is 27.6 Å². The lowest BCUT2D eigenvalue weighted by Gasteiger charge is -2.05. The lowest BCUT2D eigenvalue weighted by molar-refractivity contribution is 0.104. The molecule has 0 unspecified atom stereocenters. The molecule has 0 atom stereocenters. The maximum absolute atomic E-state index is 12.2. The van der Waals surface area contributed by atoms with Crippen LogP contribution in [0.15, 0.2) is 42.5 Å². The van der Waals surface area contributed by atoms with Crippen LogP contribution in [-0.4, -0.2) is 25.6 Å². The normalized spacial score (nSPS) is 11.6. The van der Waals surface area contributed by atoms with Gasteiger partial charge in [0.1, 0.15) is 5.75 Å². The van der Waals surface area contributed by atoms with Crippen molar-refractivity contribution in [2.75, 3.05) is 11.0 Å². The number of aryl methyl sites for hydroxylation is 2. The predicted molar refractivity (Wildman–Crippen MR) is 95.9 cm³/mol. The molecule has 2 rings (SSSR count). The summed E-state index contributed by atoms with van der Waals surface area (Å²) in [4.78, 5) is 12.2. The van der Waals surface area contributed by atoms with E-state index in [4.69, 9.17) is 0 Å². The van der Waals surface area contributed by atoms with Gasteiger partial charge in [-0.05, 0) is 73.0 Å². The van der Waals surface area contributed by atoms with Gasteiger partial charge >= 0.3 is 0 Å². The van der Waals surface area contributed by atoms with Crippen molar-refractivity contribution < 1.29 is 18.3 Å². The highest BCUT2D eigenvalue weighted by molar-refractivity contribution is 7.92. The van der Waals surface area contributed by atoms with Gasteiger partial charge in [-0.1, -0.05) is 6.08 Å². The number of hydrogen-bond donors (Lipinski definition) is 2. The zero-order valence-electron chi connectivity index (χ0n) is 13.7. The Bertz CT molecular complexity index is 874. The molecule has 0 aliphatic rings. The molecule has 0 saturated carbocycles. The van der Waals surface area contributed by atoms with E-state index in [0.717, 1.165) is 22.9 Å². The van der Waals surface area contributed by atoms with Gasteiger partial charge < -0.3 is 5.11 Å². The van der Waals surface area contributed by atoms with Crippen molar-refractivity contribution in [1.82, 2.24) is 0 Å². The highest BCUT2D eigenvalue weighted by atomic mass is 32.2. The number of phenolic OH excluding ortho intramolecular Hbond substituents is 1. The van der Waals surface area contributed by atoms with Crippen molar-refractivity contribution in [2.45, 2.75) is 13.8 Å². The molecule has 0 amide bonds. The number of benzene rings is 2. The summed E-state index contributed by atoms with van der Waals surface area (Å²) < 4.78 is 24.6. The van der Waals surface area contributed by atoms with Crippen molar-refractivity contribution in [1.29, 1.82) is 0 Å². The summed E-state index contributed by atoms with van der Waals surface area (Å²) in [6, 6.07) is 9.80. The van der Waals surface area contributed by atoms with Gasteiger partial charge in [0.25, 0.3) is 0 Å². The molecule has 2 aromatic carbocycles. The van der Waals surface area contributed by atoms with Gasteiger partial charge in [-0.2, -0.15) is 0 Å². The molecule has 0 aromatic heterocycles. The average Bonchev–Trinajstić information content (AvgIpc) is 2.49. The number of sulfonamides is 1. The second kappa shape index (κ2) is 6.88. The molecule has 0 saturated heterocycles. The number of allylic oxidation sites excluding steroid dienone is 1. The van der Waals surface area contributed by atoms with E-state index in [2.05, 4.69) is 4.72 Å². The summed E-state index contributed by atoms with van der Waals surface area (Å²) in [6.45, 7) is 3.60. The summed E-state index contributed by atoms with van der Waals surface area (Å²) in [5.74, 6) is 0.0664. The molecular formula is C18H19NO4S. The molecule has 5 nitrogen and oxygen atoms in total. The van der Waals surface area contributed by atoms with E-state index in [-0.39, 0.29) is 11.5 Å². The maximum Gasteiger partial charge on any atom is 0.229 e. The Morgan fingerprint density at radius 1 is 1.08 bits per heavy atom. The van der Waals surface area contributed by atoms with Crippen molar-refractivity contribution in [3.63, 3.8) is 0 Å². The number of phenols is 1. The minimum absolute atomic E-state index is 0.190. The van der Waals surface area contributed by atoms with Crippen LogP contribution in [0.3, 0.4) is 0 Å². The molecular weight excluding hydrogens is 326 g/mol. The first-order valence-corrected chi connectivity index (χ1v) is 9.15. The summed E-state index contributed by atoms with van der Waals surface area (Å²) in [6.07, 6.45) is 4.20. The molecule has 0 fully saturated rings. The Hall–Kier alpha value is -2.60. The van der Waals surface area contributed by atoms with E-state index >= 15 is 0 Å². The Morgan fingerprint density at radius 2 is 1.62 bits per heavy atom. The molecule has 6 heteroatoms. The number of nitrogens with one attached hydrogen (secondary N) is 1. The molecule has 0 radical (unpaired) electrons. The number of carbonyl (C=O) groups excluding carboxylic acids is 1. The smallest absolute Gasteiger partial charge is 0.229 e. The summed E-state index contributed by atoms with van der Waals surface area (Å²) >= 11 is 0. The van der Waals surface area contributed by atoms with Crippen LogP contribution in [0.4, 0.5) is 5.69 Å². The fourth-order valence-corrected chi connectivity index (χ4v) is 2.83. The Kier molecular flexibility index (Phi) is 5.09. The SMILES string of the molecule is Cc1cc(/C=C/C(=O)c2ccc(NS(C)(=O)=O)cc2)cc(C)c1O. The van der Waals surface area contributed by atoms with Crippen LogP contribution in [0.1, 0.15) is 27.0 Å². The van der Waals surface area contributed by atoms with Crippen LogP contribution in [0.2, 0.25) is 0 Å². The minimum Gasteiger partial charge on any atom is -0.507 e. The molecule has 0 spiro atoms. The van der Waals surface area contributed by atoms with E-state index in [1.807, 2.05) is 0 Å². The highest BCUT2D eigenvalue weighted by Gasteiger charge is 2.06. The second-order valence-corrected chi connectivity index (χ2v) is 7.40. The first-order valence-electron chi connectivity index (χ1n) is 7.26. The highest BCUT2D eigenvalue weighted by Crippen LogP contribution is 2.23. The quantitative estimate of drug-likeness (QED) is 0.643. The molecule has 126 valence electrons. The van der Waals surface area contributed by atoms with E-state index in [1.54, 1.807) is 44.2 Å². The average molecular weight is 345 g/mol. The monoisotopic (exact) mass is 345 g/mol. The fourth-order valence-electron chi connectivity index (χ4n) is 2.27. The first kappa shape index (κ1) is 17.7. The van der Waals surface area contributed by atoms with E-state index < -0.39 is 10.0 Å². The third-order valence-electron chi connectivity index (χ3n) is 3.41. The van der Waals surface area contributed by atoms with Crippen LogP contribution in [0.5, 0.6) is 5.75 Å². The third kappa shape index (κ3) is 4.70. The summed E-state index contributed by atoms with van der Waals surface area (Å²) in [5.41, 5.74) is 3.18. The molecule has 0 heterocycles. The molecule has 0 aliphatic heterocycles. The first-order chi connectivity index (χ1) is 11.2. The molecule has 2 N–H and O–H groups in total. The van der Waals surface area contributed by atoms with Crippen LogP contribution >= 0.6 is 0 Å². The molecule has 24 heavy (non-hydrogen) atoms. The Balaban J connectivity index is 2.15. The van der Waals surface area contributed by atoms with Gasteiger partial charge in [-0.15, -0.1) is 0 Å². The van der Waals surface area contributed by atoms with E-state index in [9.17, 15) is 18.3 Å². The second-order valence-electron chi connectivity index (χ2n) is 5.65. The number of carbonyl (C=O) groups is 1. The lowest BCUT2D eigenvalue weighted by Crippen LogP contribution is -2.09.